The van der Waals surface area contributed by atoms with Gasteiger partial charge in [0, 0.05) is 36.6 Å². The summed E-state index contributed by atoms with van der Waals surface area (Å²) in [4.78, 5) is 28.1. The van der Waals surface area contributed by atoms with Crippen LogP contribution in [-0.2, 0) is 20.7 Å². The van der Waals surface area contributed by atoms with Gasteiger partial charge in [0.1, 0.15) is 0 Å². The lowest BCUT2D eigenvalue weighted by Gasteiger charge is -2.32. The van der Waals surface area contributed by atoms with Gasteiger partial charge in [0.05, 0.1) is 19.1 Å². The number of aliphatic carboxylic acids is 1. The minimum atomic E-state index is -0.895. The monoisotopic (exact) mass is 330 g/mol. The molecule has 6 nitrogen and oxygen atoms in total. The van der Waals surface area contributed by atoms with E-state index in [0.717, 1.165) is 18.4 Å². The first-order valence-corrected chi connectivity index (χ1v) is 8.29. The summed E-state index contributed by atoms with van der Waals surface area (Å²) < 4.78 is 5.40. The van der Waals surface area contributed by atoms with Crippen molar-refractivity contribution in [2.45, 2.75) is 31.8 Å². The summed E-state index contributed by atoms with van der Waals surface area (Å²) in [5, 5.41) is 10.0. The number of carboxylic acid groups (broad SMARTS) is 1. The molecule has 3 rings (SSSR count). The van der Waals surface area contributed by atoms with Crippen LogP contribution in [-0.4, -0.2) is 52.7 Å². The third kappa shape index (κ3) is 3.94. The Balaban J connectivity index is 1.49. The van der Waals surface area contributed by atoms with E-state index in [9.17, 15) is 9.59 Å². The smallest absolute Gasteiger partial charge is 0.306 e. The van der Waals surface area contributed by atoms with E-state index in [1.807, 2.05) is 24.4 Å². The van der Waals surface area contributed by atoms with E-state index >= 15 is 0 Å². The number of benzene rings is 1. The number of amides is 1. The topological polar surface area (TPSA) is 82.6 Å². The highest BCUT2D eigenvalue weighted by molar-refractivity contribution is 5.83. The number of H-pyrrole nitrogens is 1. The lowest BCUT2D eigenvalue weighted by Crippen LogP contribution is -2.46. The second-order valence-corrected chi connectivity index (χ2v) is 6.14. The van der Waals surface area contributed by atoms with Gasteiger partial charge in [-0.25, -0.2) is 0 Å². The fourth-order valence-corrected chi connectivity index (χ4v) is 3.19. The standard InChI is InChI=1S/C18H22N2O4/c21-17(20-8-9-24-14(12-20)10-18(22)23)7-3-4-13-11-19-16-6-2-1-5-15(13)16/h1-2,5-6,11,14,19H,3-4,7-10,12H2,(H,22,23)/t14-/m0/s1. The number of carbonyl (C=O) groups is 2. The molecule has 1 aliphatic rings. The molecule has 2 heterocycles. The number of aromatic amines is 1. The Kier molecular flexibility index (Phi) is 5.15. The van der Waals surface area contributed by atoms with Crippen molar-refractivity contribution >= 4 is 22.8 Å². The van der Waals surface area contributed by atoms with Gasteiger partial charge in [0.2, 0.25) is 5.91 Å². The summed E-state index contributed by atoms with van der Waals surface area (Å²) in [5.41, 5.74) is 2.34. The molecule has 0 bridgehead atoms. The van der Waals surface area contributed by atoms with Crippen molar-refractivity contribution in [3.05, 3.63) is 36.0 Å². The molecule has 128 valence electrons. The van der Waals surface area contributed by atoms with Gasteiger partial charge < -0.3 is 19.7 Å². The molecule has 1 aliphatic heterocycles. The summed E-state index contributed by atoms with van der Waals surface area (Å²) in [7, 11) is 0. The maximum atomic E-state index is 12.3. The molecule has 2 N–H and O–H groups in total. The van der Waals surface area contributed by atoms with E-state index in [2.05, 4.69) is 11.1 Å². The Morgan fingerprint density at radius 2 is 2.17 bits per heavy atom. The number of morpholine rings is 1. The van der Waals surface area contributed by atoms with Crippen LogP contribution in [0.15, 0.2) is 30.5 Å². The molecule has 1 fully saturated rings. The Labute approximate surface area is 140 Å². The fraction of sp³-hybridized carbons (Fsp3) is 0.444. The number of hydrogen-bond acceptors (Lipinski definition) is 3. The van der Waals surface area contributed by atoms with E-state index in [-0.39, 0.29) is 12.3 Å². The number of carboxylic acids is 1. The van der Waals surface area contributed by atoms with Crippen molar-refractivity contribution in [1.29, 1.82) is 0 Å². The van der Waals surface area contributed by atoms with Crippen molar-refractivity contribution in [3.63, 3.8) is 0 Å². The highest BCUT2D eigenvalue weighted by Gasteiger charge is 2.25. The summed E-state index contributed by atoms with van der Waals surface area (Å²) in [6, 6.07) is 8.14. The van der Waals surface area contributed by atoms with Gasteiger partial charge in [-0.3, -0.25) is 9.59 Å². The van der Waals surface area contributed by atoms with Gasteiger partial charge in [-0.15, -0.1) is 0 Å². The van der Waals surface area contributed by atoms with Gasteiger partial charge in [0.25, 0.3) is 0 Å². The molecule has 6 heteroatoms. The van der Waals surface area contributed by atoms with Crippen LogP contribution in [0.25, 0.3) is 10.9 Å². The molecular formula is C18H22N2O4. The number of rotatable bonds is 6. The molecule has 2 aromatic rings. The molecule has 0 spiro atoms. The minimum Gasteiger partial charge on any atom is -0.481 e. The highest BCUT2D eigenvalue weighted by Crippen LogP contribution is 2.20. The first kappa shape index (κ1) is 16.5. The number of aromatic nitrogens is 1. The van der Waals surface area contributed by atoms with Gasteiger partial charge in [-0.05, 0) is 24.5 Å². The van der Waals surface area contributed by atoms with Gasteiger partial charge in [-0.2, -0.15) is 0 Å². The highest BCUT2D eigenvalue weighted by atomic mass is 16.5. The Bertz CT molecular complexity index is 725. The average molecular weight is 330 g/mol. The SMILES string of the molecule is O=C(O)C[C@H]1CN(C(=O)CCCc2c[nH]c3ccccc23)CCO1. The number of fused-ring (bicyclic) bond motifs is 1. The van der Waals surface area contributed by atoms with Crippen LogP contribution in [0, 0.1) is 0 Å². The molecule has 0 saturated carbocycles. The van der Waals surface area contributed by atoms with E-state index in [1.54, 1.807) is 4.90 Å². The summed E-state index contributed by atoms with van der Waals surface area (Å²) >= 11 is 0. The predicted octanol–water partition coefficient (Wildman–Crippen LogP) is 2.19. The molecule has 0 radical (unpaired) electrons. The van der Waals surface area contributed by atoms with Gasteiger partial charge >= 0.3 is 5.97 Å². The summed E-state index contributed by atoms with van der Waals surface area (Å²) in [6.07, 6.45) is 3.65. The quantitative estimate of drug-likeness (QED) is 0.850. The molecule has 1 amide bonds. The van der Waals surface area contributed by atoms with Crippen LogP contribution in [0.4, 0.5) is 0 Å². The number of nitrogens with one attached hydrogen (secondary N) is 1. The molecular weight excluding hydrogens is 308 g/mol. The number of hydrogen-bond donors (Lipinski definition) is 2. The number of carbonyl (C=O) groups excluding carboxylic acids is 1. The first-order valence-electron chi connectivity index (χ1n) is 8.29. The molecule has 24 heavy (non-hydrogen) atoms. The van der Waals surface area contributed by atoms with Crippen LogP contribution < -0.4 is 0 Å². The summed E-state index contributed by atoms with van der Waals surface area (Å²) in [5.74, 6) is -0.817. The lowest BCUT2D eigenvalue weighted by molar-refractivity contribution is -0.147. The van der Waals surface area contributed by atoms with Crippen LogP contribution >= 0.6 is 0 Å². The first-order chi connectivity index (χ1) is 11.6. The maximum Gasteiger partial charge on any atom is 0.306 e. The third-order valence-corrected chi connectivity index (χ3v) is 4.41. The minimum absolute atomic E-state index is 0.0564. The van der Waals surface area contributed by atoms with Crippen LogP contribution in [0.3, 0.4) is 0 Å². The van der Waals surface area contributed by atoms with E-state index in [4.69, 9.17) is 9.84 Å². The van der Waals surface area contributed by atoms with Crippen molar-refractivity contribution in [2.75, 3.05) is 19.7 Å². The zero-order valence-electron chi connectivity index (χ0n) is 13.5. The van der Waals surface area contributed by atoms with Gasteiger partial charge in [0.15, 0.2) is 0 Å². The molecule has 1 aromatic carbocycles. The molecule has 0 aliphatic carbocycles. The maximum absolute atomic E-state index is 12.3. The Hall–Kier alpha value is -2.34. The van der Waals surface area contributed by atoms with Crippen LogP contribution in [0.1, 0.15) is 24.8 Å². The van der Waals surface area contributed by atoms with Crippen molar-refractivity contribution in [2.24, 2.45) is 0 Å². The van der Waals surface area contributed by atoms with Gasteiger partial charge in [-0.1, -0.05) is 18.2 Å². The lowest BCUT2D eigenvalue weighted by atomic mass is 10.1. The van der Waals surface area contributed by atoms with Crippen molar-refractivity contribution < 1.29 is 19.4 Å². The van der Waals surface area contributed by atoms with Crippen LogP contribution in [0.5, 0.6) is 0 Å². The largest absolute Gasteiger partial charge is 0.481 e. The predicted molar refractivity (Wildman–Crippen MR) is 89.8 cm³/mol. The number of para-hydroxylation sites is 1. The Morgan fingerprint density at radius 1 is 1.33 bits per heavy atom. The van der Waals surface area contributed by atoms with E-state index in [0.29, 0.717) is 26.1 Å². The fourth-order valence-electron chi connectivity index (χ4n) is 3.19. The zero-order valence-corrected chi connectivity index (χ0v) is 13.5. The van der Waals surface area contributed by atoms with E-state index < -0.39 is 12.1 Å². The number of aryl methyl sites for hydroxylation is 1. The van der Waals surface area contributed by atoms with Crippen molar-refractivity contribution in [3.8, 4) is 0 Å². The summed E-state index contributed by atoms with van der Waals surface area (Å²) in [6.45, 7) is 1.33. The number of nitrogens with zero attached hydrogens (tertiary/aromatic N) is 1. The zero-order chi connectivity index (χ0) is 16.9. The van der Waals surface area contributed by atoms with E-state index in [1.165, 1.54) is 10.9 Å². The Morgan fingerprint density at radius 3 is 3.00 bits per heavy atom. The number of ether oxygens (including phenoxy) is 1. The average Bonchev–Trinajstić information content (AvgIpc) is 2.98. The normalized spacial score (nSPS) is 18.0. The molecule has 1 aromatic heterocycles. The third-order valence-electron chi connectivity index (χ3n) is 4.41. The second-order valence-electron chi connectivity index (χ2n) is 6.14. The molecule has 0 unspecified atom stereocenters. The van der Waals surface area contributed by atoms with Crippen LogP contribution in [0.2, 0.25) is 0 Å². The van der Waals surface area contributed by atoms with Crippen molar-refractivity contribution in [1.82, 2.24) is 9.88 Å². The molecule has 1 atom stereocenters. The molecule has 1 saturated heterocycles. The second kappa shape index (κ2) is 7.49.